The lowest BCUT2D eigenvalue weighted by Crippen LogP contribution is -2.00. The molecule has 10 rings (SSSR count). The Balaban J connectivity index is 1.25. The minimum absolute atomic E-state index is 0.654. The number of rotatable bonds is 4. The van der Waals surface area contributed by atoms with Crippen LogP contribution in [0.5, 0.6) is 0 Å². The lowest BCUT2D eigenvalue weighted by molar-refractivity contribution is 1.08. The van der Waals surface area contributed by atoms with Crippen molar-refractivity contribution in [3.63, 3.8) is 0 Å². The van der Waals surface area contributed by atoms with Gasteiger partial charge in [0.1, 0.15) is 0 Å². The minimum Gasteiger partial charge on any atom is -0.208 e. The highest BCUT2D eigenvalue weighted by Gasteiger charge is 2.18. The molecule has 0 radical (unpaired) electrons. The van der Waals surface area contributed by atoms with Gasteiger partial charge in [-0.05, 0) is 77.1 Å². The van der Waals surface area contributed by atoms with Crippen LogP contribution in [-0.2, 0) is 0 Å². The summed E-state index contributed by atoms with van der Waals surface area (Å²) < 4.78 is 0. The summed E-state index contributed by atoms with van der Waals surface area (Å²) in [5.41, 5.74) is 5.28. The molecule has 1 heterocycles. The molecule has 0 amide bonds. The van der Waals surface area contributed by atoms with Crippen LogP contribution in [0, 0.1) is 0 Å². The number of benzene rings is 9. The van der Waals surface area contributed by atoms with Gasteiger partial charge in [-0.3, -0.25) is 0 Å². The van der Waals surface area contributed by atoms with Gasteiger partial charge in [-0.2, -0.15) is 0 Å². The number of aromatic nitrogens is 3. The van der Waals surface area contributed by atoms with Gasteiger partial charge in [0.2, 0.25) is 0 Å². The molecule has 0 fully saturated rings. The van der Waals surface area contributed by atoms with Gasteiger partial charge >= 0.3 is 0 Å². The molecular weight excluding hydrogens is 607 g/mol. The van der Waals surface area contributed by atoms with E-state index in [0.717, 1.165) is 27.5 Å². The highest BCUT2D eigenvalue weighted by molar-refractivity contribution is 6.27. The molecule has 0 saturated carbocycles. The normalized spacial score (nSPS) is 11.6. The molecule has 3 nitrogen and oxygen atoms in total. The van der Waals surface area contributed by atoms with Gasteiger partial charge in [0.05, 0.1) is 0 Å². The van der Waals surface area contributed by atoms with Crippen molar-refractivity contribution in [2.75, 3.05) is 0 Å². The van der Waals surface area contributed by atoms with Crippen molar-refractivity contribution in [3.8, 4) is 45.3 Å². The standard InChI is InChI=1S/C47H29N3/c1-3-14-32(15-4-1)45-48-46(33-16-5-2-6-17-33)50-47(49-45)41-28-27-39(35-19-9-11-21-37(35)41)42-29-43-40(36-20-10-12-22-38(36)42)26-25-31-24-23-30-13-7-8-18-34(30)44(31)43/h1-29H. The maximum Gasteiger partial charge on any atom is 0.164 e. The molecule has 10 aromatic rings. The molecule has 0 atom stereocenters. The van der Waals surface area contributed by atoms with Gasteiger partial charge in [-0.1, -0.05) is 164 Å². The fraction of sp³-hybridized carbons (Fsp3) is 0. The van der Waals surface area contributed by atoms with Crippen LogP contribution in [0.1, 0.15) is 0 Å². The summed E-state index contributed by atoms with van der Waals surface area (Å²) in [6.45, 7) is 0. The largest absolute Gasteiger partial charge is 0.208 e. The second-order valence-electron chi connectivity index (χ2n) is 12.8. The lowest BCUT2D eigenvalue weighted by Gasteiger charge is -2.17. The summed E-state index contributed by atoms with van der Waals surface area (Å²) in [5.74, 6) is 1.96. The van der Waals surface area contributed by atoms with Crippen LogP contribution in [0.15, 0.2) is 176 Å². The Hall–Kier alpha value is -6.71. The molecule has 0 bridgehead atoms. The smallest absolute Gasteiger partial charge is 0.164 e. The van der Waals surface area contributed by atoms with Gasteiger partial charge < -0.3 is 0 Å². The molecule has 0 aliphatic rings. The first kappa shape index (κ1) is 28.3. The first-order chi connectivity index (χ1) is 24.8. The molecule has 0 unspecified atom stereocenters. The summed E-state index contributed by atoms with van der Waals surface area (Å²) in [5, 5.41) is 12.3. The Morgan fingerprint density at radius 3 is 1.40 bits per heavy atom. The Morgan fingerprint density at radius 2 is 0.720 bits per heavy atom. The Labute approximate surface area is 289 Å². The van der Waals surface area contributed by atoms with Crippen LogP contribution in [0.2, 0.25) is 0 Å². The van der Waals surface area contributed by atoms with E-state index in [1.165, 1.54) is 54.2 Å². The number of hydrogen-bond acceptors (Lipinski definition) is 3. The molecule has 3 heteroatoms. The zero-order chi connectivity index (χ0) is 33.0. The highest BCUT2D eigenvalue weighted by Crippen LogP contribution is 2.43. The highest BCUT2D eigenvalue weighted by atomic mass is 15.0. The quantitative estimate of drug-likeness (QED) is 0.181. The maximum atomic E-state index is 5.08. The molecule has 0 aliphatic heterocycles. The van der Waals surface area contributed by atoms with Crippen LogP contribution >= 0.6 is 0 Å². The SMILES string of the molecule is c1ccc(-c2nc(-c3ccccc3)nc(-c3ccc(-c4cc5c(ccc6ccc7ccccc7c65)c5ccccc45)c4ccccc34)n2)cc1. The number of fused-ring (bicyclic) bond motifs is 8. The van der Waals surface area contributed by atoms with Crippen LogP contribution in [0.25, 0.3) is 99.2 Å². The summed E-state index contributed by atoms with van der Waals surface area (Å²) >= 11 is 0. The van der Waals surface area contributed by atoms with E-state index in [0.29, 0.717) is 17.5 Å². The first-order valence-corrected chi connectivity index (χ1v) is 17.0. The fourth-order valence-corrected chi connectivity index (χ4v) is 7.57. The zero-order valence-corrected chi connectivity index (χ0v) is 27.1. The molecule has 0 spiro atoms. The van der Waals surface area contributed by atoms with Crippen molar-refractivity contribution in [2.45, 2.75) is 0 Å². The third kappa shape index (κ3) is 4.56. The minimum atomic E-state index is 0.654. The molecule has 1 aromatic heterocycles. The molecule has 9 aromatic carbocycles. The summed E-state index contributed by atoms with van der Waals surface area (Å²) in [6.07, 6.45) is 0. The molecule has 0 N–H and O–H groups in total. The van der Waals surface area contributed by atoms with Crippen LogP contribution < -0.4 is 0 Å². The van der Waals surface area contributed by atoms with Crippen molar-refractivity contribution in [2.24, 2.45) is 0 Å². The first-order valence-electron chi connectivity index (χ1n) is 17.0. The van der Waals surface area contributed by atoms with Gasteiger partial charge in [0, 0.05) is 16.7 Å². The van der Waals surface area contributed by atoms with Gasteiger partial charge in [-0.25, -0.2) is 15.0 Å². The predicted molar refractivity (Wildman–Crippen MR) is 209 cm³/mol. The third-order valence-corrected chi connectivity index (χ3v) is 9.90. The van der Waals surface area contributed by atoms with Crippen molar-refractivity contribution < 1.29 is 0 Å². The van der Waals surface area contributed by atoms with Crippen LogP contribution in [0.4, 0.5) is 0 Å². The van der Waals surface area contributed by atoms with Crippen LogP contribution in [0.3, 0.4) is 0 Å². The monoisotopic (exact) mass is 635 g/mol. The average Bonchev–Trinajstić information content (AvgIpc) is 3.20. The summed E-state index contributed by atoms with van der Waals surface area (Å²) in [6, 6.07) is 62.3. The average molecular weight is 636 g/mol. The topological polar surface area (TPSA) is 38.7 Å². The van der Waals surface area contributed by atoms with E-state index < -0.39 is 0 Å². The van der Waals surface area contributed by atoms with Gasteiger partial charge in [-0.15, -0.1) is 0 Å². The summed E-state index contributed by atoms with van der Waals surface area (Å²) in [4.78, 5) is 15.1. The van der Waals surface area contributed by atoms with E-state index in [4.69, 9.17) is 15.0 Å². The van der Waals surface area contributed by atoms with E-state index in [1.807, 2.05) is 60.7 Å². The van der Waals surface area contributed by atoms with Crippen molar-refractivity contribution >= 4 is 53.9 Å². The van der Waals surface area contributed by atoms with Crippen molar-refractivity contribution in [3.05, 3.63) is 176 Å². The van der Waals surface area contributed by atoms with E-state index in [2.05, 4.69) is 115 Å². The van der Waals surface area contributed by atoms with E-state index in [-0.39, 0.29) is 0 Å². The second-order valence-corrected chi connectivity index (χ2v) is 12.8. The van der Waals surface area contributed by atoms with E-state index >= 15 is 0 Å². The van der Waals surface area contributed by atoms with Crippen LogP contribution in [-0.4, -0.2) is 15.0 Å². The molecule has 0 aliphatic carbocycles. The van der Waals surface area contributed by atoms with Gasteiger partial charge in [0.15, 0.2) is 17.5 Å². The third-order valence-electron chi connectivity index (χ3n) is 9.90. The fourth-order valence-electron chi connectivity index (χ4n) is 7.57. The molecule has 0 saturated heterocycles. The maximum absolute atomic E-state index is 5.08. The summed E-state index contributed by atoms with van der Waals surface area (Å²) in [7, 11) is 0. The molecular formula is C47H29N3. The zero-order valence-electron chi connectivity index (χ0n) is 27.1. The Kier molecular flexibility index (Phi) is 6.49. The Bertz CT molecular complexity index is 2860. The Morgan fingerprint density at radius 1 is 0.260 bits per heavy atom. The number of nitrogens with zero attached hydrogens (tertiary/aromatic N) is 3. The van der Waals surface area contributed by atoms with E-state index in [1.54, 1.807) is 0 Å². The molecule has 232 valence electrons. The van der Waals surface area contributed by atoms with Gasteiger partial charge in [0.25, 0.3) is 0 Å². The lowest BCUT2D eigenvalue weighted by atomic mass is 9.87. The second kappa shape index (κ2) is 11.5. The number of hydrogen-bond donors (Lipinski definition) is 0. The van der Waals surface area contributed by atoms with Crippen molar-refractivity contribution in [1.82, 2.24) is 15.0 Å². The van der Waals surface area contributed by atoms with Crippen molar-refractivity contribution in [1.29, 1.82) is 0 Å². The van der Waals surface area contributed by atoms with E-state index in [9.17, 15) is 0 Å². The molecule has 50 heavy (non-hydrogen) atoms. The predicted octanol–water partition coefficient (Wildman–Crippen LogP) is 12.3.